The highest BCUT2D eigenvalue weighted by Gasteiger charge is 2.33. The van der Waals surface area contributed by atoms with Crippen LogP contribution in [0.15, 0.2) is 46.6 Å². The van der Waals surface area contributed by atoms with Crippen molar-refractivity contribution in [2.24, 2.45) is 7.05 Å². The van der Waals surface area contributed by atoms with E-state index >= 15 is 0 Å². The van der Waals surface area contributed by atoms with Crippen LogP contribution in [0.2, 0.25) is 0 Å². The zero-order valence-corrected chi connectivity index (χ0v) is 14.9. The van der Waals surface area contributed by atoms with Gasteiger partial charge in [-0.15, -0.1) is 0 Å². The van der Waals surface area contributed by atoms with Gasteiger partial charge in [-0.1, -0.05) is 5.16 Å². The second-order valence-electron chi connectivity index (χ2n) is 5.97. The summed E-state index contributed by atoms with van der Waals surface area (Å²) in [5.41, 5.74) is 1.34. The number of rotatable bonds is 5. The zero-order valence-electron chi connectivity index (χ0n) is 14.1. The Morgan fingerprint density at radius 3 is 3.00 bits per heavy atom. The Labute approximate surface area is 150 Å². The molecule has 4 rings (SSSR count). The monoisotopic (exact) mass is 375 g/mol. The summed E-state index contributed by atoms with van der Waals surface area (Å²) in [7, 11) is -1.93. The van der Waals surface area contributed by atoms with Gasteiger partial charge in [0.1, 0.15) is 23.8 Å². The maximum absolute atomic E-state index is 12.8. The summed E-state index contributed by atoms with van der Waals surface area (Å²) in [4.78, 5) is 7.95. The summed E-state index contributed by atoms with van der Waals surface area (Å²) in [5.74, 6) is 1.31. The van der Waals surface area contributed by atoms with Crippen molar-refractivity contribution in [1.29, 1.82) is 0 Å². The molecular formula is C16H17N5O4S. The molecule has 0 N–H and O–H groups in total. The smallest absolute Gasteiger partial charge is 0.262 e. The second-order valence-corrected chi connectivity index (χ2v) is 7.86. The van der Waals surface area contributed by atoms with Crippen molar-refractivity contribution in [3.8, 4) is 5.75 Å². The van der Waals surface area contributed by atoms with Crippen LogP contribution in [0.5, 0.6) is 5.75 Å². The van der Waals surface area contributed by atoms with Gasteiger partial charge in [-0.2, -0.15) is 4.31 Å². The van der Waals surface area contributed by atoms with Gasteiger partial charge in [-0.3, -0.25) is 4.98 Å². The molecule has 0 saturated carbocycles. The molecule has 0 bridgehead atoms. The van der Waals surface area contributed by atoms with Gasteiger partial charge < -0.3 is 13.8 Å². The second kappa shape index (κ2) is 6.54. The van der Waals surface area contributed by atoms with Crippen LogP contribution in [0.1, 0.15) is 17.0 Å². The van der Waals surface area contributed by atoms with Crippen LogP contribution < -0.4 is 4.74 Å². The molecule has 0 fully saturated rings. The first-order valence-corrected chi connectivity index (χ1v) is 9.45. The van der Waals surface area contributed by atoms with Crippen molar-refractivity contribution in [3.63, 3.8) is 0 Å². The largest absolute Gasteiger partial charge is 0.486 e. The third kappa shape index (κ3) is 3.08. The lowest BCUT2D eigenvalue weighted by Gasteiger charge is -2.24. The van der Waals surface area contributed by atoms with Gasteiger partial charge >= 0.3 is 0 Å². The summed E-state index contributed by atoms with van der Waals surface area (Å²) in [6, 6.07) is 3.56. The lowest BCUT2D eigenvalue weighted by molar-refractivity contribution is 0.286. The van der Waals surface area contributed by atoms with E-state index in [2.05, 4.69) is 15.1 Å². The highest BCUT2D eigenvalue weighted by Crippen LogP contribution is 2.27. The SMILES string of the molecule is Cn1cnc(S(=O)(=O)N2CCc3onc(COc4cccnc4)c3C2)c1. The summed E-state index contributed by atoms with van der Waals surface area (Å²) < 4.78 is 39.6. The number of pyridine rings is 1. The Hall–Kier alpha value is -2.72. The molecule has 0 aromatic carbocycles. The number of ether oxygens (including phenoxy) is 1. The number of hydrogen-bond acceptors (Lipinski definition) is 7. The number of sulfonamides is 1. The van der Waals surface area contributed by atoms with Gasteiger partial charge in [0.15, 0.2) is 5.03 Å². The van der Waals surface area contributed by atoms with Gasteiger partial charge in [0.2, 0.25) is 0 Å². The first-order chi connectivity index (χ1) is 12.5. The molecular weight excluding hydrogens is 358 g/mol. The molecule has 3 aromatic heterocycles. The van der Waals surface area contributed by atoms with Crippen molar-refractivity contribution in [3.05, 3.63) is 54.1 Å². The minimum absolute atomic E-state index is 0.0352. The van der Waals surface area contributed by atoms with Crippen LogP contribution in [0.25, 0.3) is 0 Å². The van der Waals surface area contributed by atoms with E-state index in [-0.39, 0.29) is 18.2 Å². The molecule has 10 heteroatoms. The molecule has 9 nitrogen and oxygen atoms in total. The number of aryl methyl sites for hydroxylation is 1. The Balaban J connectivity index is 1.54. The number of nitrogens with zero attached hydrogens (tertiary/aromatic N) is 5. The minimum atomic E-state index is -3.66. The molecule has 1 aliphatic heterocycles. The van der Waals surface area contributed by atoms with Crippen LogP contribution >= 0.6 is 0 Å². The standard InChI is InChI=1S/C16H17N5O4S/c1-20-9-16(18-11-20)26(22,23)21-6-4-15-13(8-21)14(19-25-15)10-24-12-3-2-5-17-7-12/h2-3,5,7,9,11H,4,6,8,10H2,1H3. The molecule has 136 valence electrons. The first kappa shape index (κ1) is 16.7. The normalized spacial score (nSPS) is 15.0. The topological polar surface area (TPSA) is 103 Å². The Bertz CT molecular complexity index is 1010. The average molecular weight is 375 g/mol. The third-order valence-electron chi connectivity index (χ3n) is 4.17. The van der Waals surface area contributed by atoms with E-state index in [0.717, 1.165) is 5.56 Å². The van der Waals surface area contributed by atoms with E-state index in [0.29, 0.717) is 30.2 Å². The summed E-state index contributed by atoms with van der Waals surface area (Å²) in [6.45, 7) is 0.690. The van der Waals surface area contributed by atoms with Crippen molar-refractivity contribution >= 4 is 10.0 Å². The molecule has 0 saturated heterocycles. The molecule has 0 aliphatic carbocycles. The van der Waals surface area contributed by atoms with Crippen molar-refractivity contribution in [1.82, 2.24) is 24.0 Å². The fourth-order valence-corrected chi connectivity index (χ4v) is 4.17. The number of hydrogen-bond donors (Lipinski definition) is 0. The summed E-state index contributed by atoms with van der Waals surface area (Å²) in [6.07, 6.45) is 6.68. The van der Waals surface area contributed by atoms with E-state index in [4.69, 9.17) is 9.26 Å². The molecule has 0 spiro atoms. The highest BCUT2D eigenvalue weighted by molar-refractivity contribution is 7.89. The van der Waals surface area contributed by atoms with Crippen LogP contribution in [-0.4, -0.2) is 39.0 Å². The quantitative estimate of drug-likeness (QED) is 0.658. The van der Waals surface area contributed by atoms with Gasteiger partial charge in [-0.25, -0.2) is 13.4 Å². The lowest BCUT2D eigenvalue weighted by atomic mass is 10.1. The van der Waals surface area contributed by atoms with E-state index < -0.39 is 10.0 Å². The van der Waals surface area contributed by atoms with Crippen LogP contribution in [0.3, 0.4) is 0 Å². The van der Waals surface area contributed by atoms with Crippen molar-refractivity contribution in [2.45, 2.75) is 24.6 Å². The van der Waals surface area contributed by atoms with Crippen molar-refractivity contribution in [2.75, 3.05) is 6.54 Å². The zero-order chi connectivity index (χ0) is 18.1. The molecule has 0 radical (unpaired) electrons. The van der Waals surface area contributed by atoms with Crippen LogP contribution in [-0.2, 0) is 36.6 Å². The number of imidazole rings is 1. The first-order valence-electron chi connectivity index (χ1n) is 8.01. The molecule has 0 atom stereocenters. The Morgan fingerprint density at radius 2 is 2.27 bits per heavy atom. The highest BCUT2D eigenvalue weighted by atomic mass is 32.2. The maximum Gasteiger partial charge on any atom is 0.262 e. The molecule has 4 heterocycles. The predicted octanol–water partition coefficient (Wildman–Crippen LogP) is 1.13. The lowest BCUT2D eigenvalue weighted by Crippen LogP contribution is -2.36. The Kier molecular flexibility index (Phi) is 4.21. The number of fused-ring (bicyclic) bond motifs is 1. The Morgan fingerprint density at radius 1 is 1.38 bits per heavy atom. The molecule has 1 aliphatic rings. The number of aromatic nitrogens is 4. The van der Waals surface area contributed by atoms with Crippen molar-refractivity contribution < 1.29 is 17.7 Å². The third-order valence-corrected chi connectivity index (χ3v) is 5.90. The van der Waals surface area contributed by atoms with Gasteiger partial charge in [0.05, 0.1) is 12.5 Å². The van der Waals surface area contributed by atoms with E-state index in [9.17, 15) is 8.42 Å². The van der Waals surface area contributed by atoms with E-state index in [1.165, 1.54) is 16.8 Å². The van der Waals surface area contributed by atoms with Gasteiger partial charge in [-0.05, 0) is 12.1 Å². The average Bonchev–Trinajstić information content (AvgIpc) is 3.27. The summed E-state index contributed by atoms with van der Waals surface area (Å²) >= 11 is 0. The minimum Gasteiger partial charge on any atom is -0.486 e. The van der Waals surface area contributed by atoms with E-state index in [1.54, 1.807) is 36.1 Å². The molecule has 3 aromatic rings. The van der Waals surface area contributed by atoms with Gasteiger partial charge in [0.25, 0.3) is 10.0 Å². The molecule has 0 unspecified atom stereocenters. The fraction of sp³-hybridized carbons (Fsp3) is 0.312. The fourth-order valence-electron chi connectivity index (χ4n) is 2.80. The van der Waals surface area contributed by atoms with Crippen LogP contribution in [0, 0.1) is 0 Å². The molecule has 0 amide bonds. The predicted molar refractivity (Wildman–Crippen MR) is 89.6 cm³/mol. The van der Waals surface area contributed by atoms with Gasteiger partial charge in [0, 0.05) is 44.5 Å². The molecule has 26 heavy (non-hydrogen) atoms. The van der Waals surface area contributed by atoms with Crippen LogP contribution in [0.4, 0.5) is 0 Å². The van der Waals surface area contributed by atoms with E-state index in [1.807, 2.05) is 0 Å². The maximum atomic E-state index is 12.8. The summed E-state index contributed by atoms with van der Waals surface area (Å²) in [5, 5.41) is 4.08.